The molecule has 18 heavy (non-hydrogen) atoms. The molecule has 6 heteroatoms. The molecule has 1 amide bonds. The Labute approximate surface area is 108 Å². The van der Waals surface area contributed by atoms with Crippen LogP contribution in [0.5, 0.6) is 0 Å². The van der Waals surface area contributed by atoms with Crippen molar-refractivity contribution in [3.63, 3.8) is 0 Å². The SMILES string of the molecule is CC1OCCC1S(=O)CC(=O)NCc1ccco1. The van der Waals surface area contributed by atoms with Crippen molar-refractivity contribution < 1.29 is 18.2 Å². The highest BCUT2D eigenvalue weighted by atomic mass is 32.2. The van der Waals surface area contributed by atoms with Crippen LogP contribution in [-0.4, -0.2) is 33.8 Å². The van der Waals surface area contributed by atoms with Gasteiger partial charge in [0.2, 0.25) is 5.91 Å². The number of amides is 1. The lowest BCUT2D eigenvalue weighted by Crippen LogP contribution is -2.33. The average Bonchev–Trinajstić information content (AvgIpc) is 2.97. The molecular formula is C12H17NO4S. The fraction of sp³-hybridized carbons (Fsp3) is 0.583. The number of furan rings is 1. The first-order valence-corrected chi connectivity index (χ1v) is 7.33. The molecule has 3 unspecified atom stereocenters. The van der Waals surface area contributed by atoms with Gasteiger partial charge in [0.05, 0.1) is 24.2 Å². The van der Waals surface area contributed by atoms with Crippen molar-refractivity contribution in [3.8, 4) is 0 Å². The molecule has 0 radical (unpaired) electrons. The molecule has 2 rings (SSSR count). The summed E-state index contributed by atoms with van der Waals surface area (Å²) in [5, 5.41) is 2.66. The van der Waals surface area contributed by atoms with Crippen LogP contribution in [0.15, 0.2) is 22.8 Å². The number of ether oxygens (including phenoxy) is 1. The Kier molecular flexibility index (Phi) is 4.54. The molecule has 0 bridgehead atoms. The standard InChI is InChI=1S/C12H17NO4S/c1-9-11(4-6-16-9)18(15)8-12(14)13-7-10-3-2-5-17-10/h2-3,5,9,11H,4,6-8H2,1H3,(H,13,14). The van der Waals surface area contributed by atoms with Gasteiger partial charge in [0, 0.05) is 17.4 Å². The van der Waals surface area contributed by atoms with E-state index in [9.17, 15) is 9.00 Å². The lowest BCUT2D eigenvalue weighted by Gasteiger charge is -2.13. The van der Waals surface area contributed by atoms with E-state index in [2.05, 4.69) is 5.32 Å². The fourth-order valence-electron chi connectivity index (χ4n) is 1.94. The first kappa shape index (κ1) is 13.3. The highest BCUT2D eigenvalue weighted by Gasteiger charge is 2.30. The van der Waals surface area contributed by atoms with Gasteiger partial charge in [-0.3, -0.25) is 9.00 Å². The summed E-state index contributed by atoms with van der Waals surface area (Å²) in [5.41, 5.74) is 0. The number of hydrogen-bond acceptors (Lipinski definition) is 4. The smallest absolute Gasteiger partial charge is 0.233 e. The third kappa shape index (κ3) is 3.43. The zero-order valence-electron chi connectivity index (χ0n) is 10.3. The Morgan fingerprint density at radius 2 is 2.44 bits per heavy atom. The van der Waals surface area contributed by atoms with E-state index in [0.717, 1.165) is 6.42 Å². The summed E-state index contributed by atoms with van der Waals surface area (Å²) in [5.74, 6) is 0.495. The summed E-state index contributed by atoms with van der Waals surface area (Å²) in [4.78, 5) is 11.6. The first-order valence-electron chi connectivity index (χ1n) is 5.94. The molecule has 0 saturated carbocycles. The van der Waals surface area contributed by atoms with Gasteiger partial charge in [-0.2, -0.15) is 0 Å². The zero-order valence-corrected chi connectivity index (χ0v) is 11.1. The third-order valence-electron chi connectivity index (χ3n) is 2.96. The average molecular weight is 271 g/mol. The summed E-state index contributed by atoms with van der Waals surface area (Å²) in [6, 6.07) is 3.54. The molecule has 3 atom stereocenters. The van der Waals surface area contributed by atoms with Crippen molar-refractivity contribution in [2.24, 2.45) is 0 Å². The number of carbonyl (C=O) groups excluding carboxylic acids is 1. The second-order valence-electron chi connectivity index (χ2n) is 4.28. The lowest BCUT2D eigenvalue weighted by molar-refractivity contribution is -0.118. The topological polar surface area (TPSA) is 68.5 Å². The Balaban J connectivity index is 1.75. The molecule has 0 aromatic carbocycles. The van der Waals surface area contributed by atoms with Crippen molar-refractivity contribution in [2.75, 3.05) is 12.4 Å². The van der Waals surface area contributed by atoms with Gasteiger partial charge in [-0.1, -0.05) is 0 Å². The molecule has 2 heterocycles. The fourth-order valence-corrected chi connectivity index (χ4v) is 3.38. The molecule has 5 nitrogen and oxygen atoms in total. The first-order chi connectivity index (χ1) is 8.66. The van der Waals surface area contributed by atoms with Crippen molar-refractivity contribution in [1.82, 2.24) is 5.32 Å². The van der Waals surface area contributed by atoms with E-state index in [0.29, 0.717) is 18.9 Å². The molecule has 1 saturated heterocycles. The van der Waals surface area contributed by atoms with Crippen molar-refractivity contribution in [1.29, 1.82) is 0 Å². The molecule has 0 aliphatic carbocycles. The predicted octanol–water partition coefficient (Wildman–Crippen LogP) is 0.822. The molecule has 1 aromatic heterocycles. The maximum absolute atomic E-state index is 12.0. The van der Waals surface area contributed by atoms with Crippen LogP contribution in [0.25, 0.3) is 0 Å². The Morgan fingerprint density at radius 3 is 3.06 bits per heavy atom. The van der Waals surface area contributed by atoms with Gasteiger partial charge in [0.25, 0.3) is 0 Å². The molecule has 1 aliphatic heterocycles. The van der Waals surface area contributed by atoms with Crippen LogP contribution in [0.3, 0.4) is 0 Å². The van der Waals surface area contributed by atoms with E-state index in [-0.39, 0.29) is 23.0 Å². The van der Waals surface area contributed by atoms with E-state index in [1.807, 2.05) is 6.92 Å². The largest absolute Gasteiger partial charge is 0.467 e. The molecule has 1 aromatic rings. The van der Waals surface area contributed by atoms with Crippen molar-refractivity contribution in [3.05, 3.63) is 24.2 Å². The summed E-state index contributed by atoms with van der Waals surface area (Å²) in [7, 11) is -1.17. The summed E-state index contributed by atoms with van der Waals surface area (Å²) in [6.45, 7) is 2.86. The highest BCUT2D eigenvalue weighted by Crippen LogP contribution is 2.18. The van der Waals surface area contributed by atoms with E-state index in [1.54, 1.807) is 18.4 Å². The van der Waals surface area contributed by atoms with Crippen LogP contribution in [-0.2, 0) is 26.9 Å². The molecule has 1 aliphatic rings. The van der Waals surface area contributed by atoms with E-state index >= 15 is 0 Å². The van der Waals surface area contributed by atoms with E-state index in [4.69, 9.17) is 9.15 Å². The third-order valence-corrected chi connectivity index (χ3v) is 4.80. The number of nitrogens with one attached hydrogen (secondary N) is 1. The Hall–Kier alpha value is -1.14. The Bertz CT molecular complexity index is 418. The van der Waals surface area contributed by atoms with Crippen LogP contribution >= 0.6 is 0 Å². The second kappa shape index (κ2) is 6.15. The zero-order chi connectivity index (χ0) is 13.0. The van der Waals surface area contributed by atoms with Gasteiger partial charge < -0.3 is 14.5 Å². The predicted molar refractivity (Wildman–Crippen MR) is 67.4 cm³/mol. The summed E-state index contributed by atoms with van der Waals surface area (Å²) >= 11 is 0. The molecule has 100 valence electrons. The van der Waals surface area contributed by atoms with Crippen molar-refractivity contribution >= 4 is 16.7 Å². The second-order valence-corrected chi connectivity index (χ2v) is 5.94. The maximum atomic E-state index is 12.0. The normalized spacial score (nSPS) is 24.9. The monoisotopic (exact) mass is 271 g/mol. The highest BCUT2D eigenvalue weighted by molar-refractivity contribution is 7.86. The van der Waals surface area contributed by atoms with Gasteiger partial charge in [-0.05, 0) is 25.5 Å². The van der Waals surface area contributed by atoms with Crippen LogP contribution in [0.1, 0.15) is 19.1 Å². The summed E-state index contributed by atoms with van der Waals surface area (Å²) in [6.07, 6.45) is 2.29. The van der Waals surface area contributed by atoms with Crippen LogP contribution in [0, 0.1) is 0 Å². The summed E-state index contributed by atoms with van der Waals surface area (Å²) < 4.78 is 22.4. The minimum Gasteiger partial charge on any atom is -0.467 e. The van der Waals surface area contributed by atoms with Crippen LogP contribution in [0.4, 0.5) is 0 Å². The molecule has 1 N–H and O–H groups in total. The molecule has 1 fully saturated rings. The number of carbonyl (C=O) groups is 1. The van der Waals surface area contributed by atoms with Gasteiger partial charge in [0.1, 0.15) is 11.5 Å². The Morgan fingerprint density at radius 1 is 1.61 bits per heavy atom. The maximum Gasteiger partial charge on any atom is 0.233 e. The van der Waals surface area contributed by atoms with Crippen LogP contribution < -0.4 is 5.32 Å². The number of hydrogen-bond donors (Lipinski definition) is 1. The minimum atomic E-state index is -1.17. The van der Waals surface area contributed by atoms with Gasteiger partial charge in [0.15, 0.2) is 0 Å². The van der Waals surface area contributed by atoms with Gasteiger partial charge >= 0.3 is 0 Å². The van der Waals surface area contributed by atoms with E-state index < -0.39 is 10.8 Å². The lowest BCUT2D eigenvalue weighted by atomic mass is 10.3. The van der Waals surface area contributed by atoms with Crippen molar-refractivity contribution in [2.45, 2.75) is 31.2 Å². The number of rotatable bonds is 5. The van der Waals surface area contributed by atoms with E-state index in [1.165, 1.54) is 0 Å². The molecular weight excluding hydrogens is 254 g/mol. The van der Waals surface area contributed by atoms with Crippen LogP contribution in [0.2, 0.25) is 0 Å². The minimum absolute atomic E-state index is 0.0243. The van der Waals surface area contributed by atoms with Gasteiger partial charge in [-0.15, -0.1) is 0 Å². The van der Waals surface area contributed by atoms with Gasteiger partial charge in [-0.25, -0.2) is 0 Å². The quantitative estimate of drug-likeness (QED) is 0.861. The molecule has 0 spiro atoms.